The van der Waals surface area contributed by atoms with E-state index in [0.29, 0.717) is 6.42 Å². The summed E-state index contributed by atoms with van der Waals surface area (Å²) in [7, 11) is -4.91. The van der Waals surface area contributed by atoms with Crippen molar-refractivity contribution in [2.45, 2.75) is 94.0 Å². The average molecular weight is 401 g/mol. The summed E-state index contributed by atoms with van der Waals surface area (Å²) in [6, 6.07) is 6.85. The number of aryl methyl sites for hydroxylation is 1. The third kappa shape index (κ3) is 8.34. The smallest absolute Gasteiger partial charge is 0.193 e. The molecule has 0 fully saturated rings. The van der Waals surface area contributed by atoms with E-state index >= 15 is 0 Å². The van der Waals surface area contributed by atoms with Crippen molar-refractivity contribution in [3.63, 3.8) is 0 Å². The summed E-state index contributed by atoms with van der Waals surface area (Å²) in [5.41, 5.74) is 1.02. The quantitative estimate of drug-likeness (QED) is 0.372. The van der Waals surface area contributed by atoms with Crippen LogP contribution in [0.3, 0.4) is 0 Å². The van der Waals surface area contributed by atoms with Crippen LogP contribution >= 0.6 is 0 Å². The largest absolute Gasteiger partial charge is 0.259 e. The van der Waals surface area contributed by atoms with E-state index in [0.717, 1.165) is 24.8 Å². The second-order valence-electron chi connectivity index (χ2n) is 7.26. The predicted molar refractivity (Wildman–Crippen MR) is 113 cm³/mol. The maximum Gasteiger partial charge on any atom is 0.193 e. The SMILES string of the molecule is CCCCCCCCCCCCC(S(C)=O)S(=O)(=O)c1ccc(C)cc1. The van der Waals surface area contributed by atoms with E-state index in [2.05, 4.69) is 6.92 Å². The Hall–Kier alpha value is -0.680. The number of rotatable bonds is 14. The Kier molecular flexibility index (Phi) is 11.4. The maximum absolute atomic E-state index is 12.8. The van der Waals surface area contributed by atoms with E-state index in [9.17, 15) is 12.6 Å². The van der Waals surface area contributed by atoms with Gasteiger partial charge >= 0.3 is 0 Å². The Bertz CT molecular complexity index is 621. The molecule has 1 rings (SSSR count). The van der Waals surface area contributed by atoms with Crippen LogP contribution in [0.5, 0.6) is 0 Å². The lowest BCUT2D eigenvalue weighted by atomic mass is 10.1. The average Bonchev–Trinajstić information content (AvgIpc) is 2.59. The van der Waals surface area contributed by atoms with Gasteiger partial charge in [0.25, 0.3) is 0 Å². The van der Waals surface area contributed by atoms with Crippen molar-refractivity contribution in [2.75, 3.05) is 6.26 Å². The highest BCUT2D eigenvalue weighted by molar-refractivity contribution is 8.06. The molecule has 0 aliphatic heterocycles. The molecular formula is C21H36O3S2. The van der Waals surface area contributed by atoms with Crippen LogP contribution in [0.15, 0.2) is 29.2 Å². The molecule has 1 aromatic carbocycles. The molecule has 0 spiro atoms. The molecule has 5 heteroatoms. The van der Waals surface area contributed by atoms with E-state index in [4.69, 9.17) is 0 Å². The van der Waals surface area contributed by atoms with Crippen LogP contribution in [-0.4, -0.2) is 23.5 Å². The van der Waals surface area contributed by atoms with Crippen LogP contribution in [0, 0.1) is 6.92 Å². The number of hydrogen-bond donors (Lipinski definition) is 0. The lowest BCUT2D eigenvalue weighted by molar-refractivity contribution is 0.547. The lowest BCUT2D eigenvalue weighted by Gasteiger charge is -2.15. The van der Waals surface area contributed by atoms with Gasteiger partial charge in [0.1, 0.15) is 4.58 Å². The third-order valence-corrected chi connectivity index (χ3v) is 9.27. The highest BCUT2D eigenvalue weighted by Crippen LogP contribution is 2.23. The van der Waals surface area contributed by atoms with Crippen molar-refractivity contribution in [3.8, 4) is 0 Å². The maximum atomic E-state index is 12.8. The molecule has 0 amide bonds. The van der Waals surface area contributed by atoms with Crippen LogP contribution in [-0.2, 0) is 20.6 Å². The summed E-state index contributed by atoms with van der Waals surface area (Å²) in [6.45, 7) is 4.16. The van der Waals surface area contributed by atoms with Crippen molar-refractivity contribution < 1.29 is 12.6 Å². The van der Waals surface area contributed by atoms with Crippen LogP contribution < -0.4 is 0 Å². The molecule has 0 aliphatic carbocycles. The van der Waals surface area contributed by atoms with E-state index in [1.54, 1.807) is 24.3 Å². The number of sulfone groups is 1. The molecular weight excluding hydrogens is 364 g/mol. The fourth-order valence-corrected chi connectivity index (χ4v) is 6.73. The number of benzene rings is 1. The lowest BCUT2D eigenvalue weighted by Crippen LogP contribution is -2.25. The molecule has 0 saturated heterocycles. The van der Waals surface area contributed by atoms with Crippen molar-refractivity contribution in [3.05, 3.63) is 29.8 Å². The number of hydrogen-bond acceptors (Lipinski definition) is 3. The molecule has 26 heavy (non-hydrogen) atoms. The summed E-state index contributed by atoms with van der Waals surface area (Å²) in [6.07, 6.45) is 14.1. The number of unbranched alkanes of at least 4 members (excludes halogenated alkanes) is 9. The minimum atomic E-state index is -3.53. The summed E-state index contributed by atoms with van der Waals surface area (Å²) >= 11 is 0. The van der Waals surface area contributed by atoms with Gasteiger partial charge in [-0.1, -0.05) is 88.8 Å². The zero-order valence-corrected chi connectivity index (χ0v) is 18.3. The van der Waals surface area contributed by atoms with E-state index in [-0.39, 0.29) is 4.90 Å². The molecule has 2 unspecified atom stereocenters. The van der Waals surface area contributed by atoms with Gasteiger partial charge < -0.3 is 0 Å². The molecule has 0 saturated carbocycles. The van der Waals surface area contributed by atoms with Crippen molar-refractivity contribution >= 4 is 20.6 Å². The molecule has 0 aromatic heterocycles. The van der Waals surface area contributed by atoms with Crippen LogP contribution in [0.25, 0.3) is 0 Å². The molecule has 0 N–H and O–H groups in total. The Morgan fingerprint density at radius 1 is 0.846 bits per heavy atom. The van der Waals surface area contributed by atoms with Gasteiger partial charge in [-0.15, -0.1) is 0 Å². The third-order valence-electron chi connectivity index (χ3n) is 4.86. The molecule has 150 valence electrons. The Labute approximate surface area is 163 Å². The molecule has 3 nitrogen and oxygen atoms in total. The molecule has 0 radical (unpaired) electrons. The summed E-state index contributed by atoms with van der Waals surface area (Å²) < 4.78 is 36.8. The fraction of sp³-hybridized carbons (Fsp3) is 0.714. The summed E-state index contributed by atoms with van der Waals surface area (Å²) in [4.78, 5) is 0.287. The first-order valence-corrected chi connectivity index (χ1v) is 13.2. The van der Waals surface area contributed by atoms with Crippen LogP contribution in [0.1, 0.15) is 83.1 Å². The second kappa shape index (κ2) is 12.7. The monoisotopic (exact) mass is 400 g/mol. The van der Waals surface area contributed by atoms with E-state index in [1.807, 2.05) is 6.92 Å². The summed E-state index contributed by atoms with van der Waals surface area (Å²) in [5.74, 6) is 0. The zero-order valence-electron chi connectivity index (χ0n) is 16.7. The van der Waals surface area contributed by atoms with Gasteiger partial charge in [-0.25, -0.2) is 8.42 Å². The van der Waals surface area contributed by atoms with Crippen molar-refractivity contribution in [2.24, 2.45) is 0 Å². The first-order chi connectivity index (χ1) is 12.4. The normalized spacial score (nSPS) is 14.3. The van der Waals surface area contributed by atoms with Gasteiger partial charge in [0.05, 0.1) is 4.90 Å². The van der Waals surface area contributed by atoms with Crippen molar-refractivity contribution in [1.29, 1.82) is 0 Å². The molecule has 0 aliphatic rings. The van der Waals surface area contributed by atoms with Gasteiger partial charge in [0, 0.05) is 17.1 Å². The molecule has 2 atom stereocenters. The van der Waals surface area contributed by atoms with E-state index in [1.165, 1.54) is 51.2 Å². The predicted octanol–water partition coefficient (Wildman–Crippen LogP) is 5.78. The van der Waals surface area contributed by atoms with Gasteiger partial charge in [-0.2, -0.15) is 0 Å². The minimum absolute atomic E-state index is 0.287. The molecule has 0 heterocycles. The topological polar surface area (TPSA) is 51.2 Å². The van der Waals surface area contributed by atoms with Crippen molar-refractivity contribution in [1.82, 2.24) is 0 Å². The zero-order chi connectivity index (χ0) is 19.4. The van der Waals surface area contributed by atoms with Gasteiger partial charge in [-0.05, 0) is 25.5 Å². The minimum Gasteiger partial charge on any atom is -0.259 e. The summed E-state index contributed by atoms with van der Waals surface area (Å²) in [5, 5.41) is 0. The van der Waals surface area contributed by atoms with E-state index < -0.39 is 25.2 Å². The highest BCUT2D eigenvalue weighted by Gasteiger charge is 2.30. The molecule has 0 bridgehead atoms. The Morgan fingerprint density at radius 3 is 1.77 bits per heavy atom. The first kappa shape index (κ1) is 23.4. The Balaban J connectivity index is 2.37. The second-order valence-corrected chi connectivity index (χ2v) is 11.3. The highest BCUT2D eigenvalue weighted by atomic mass is 32.3. The standard InChI is InChI=1S/C21H36O3S2/c1-4-5-6-7-8-9-10-11-12-13-14-21(25(3)22)26(23,24)20-17-15-19(2)16-18-20/h15-18,21H,4-14H2,1-3H3. The van der Waals surface area contributed by atoms with Crippen LogP contribution in [0.4, 0.5) is 0 Å². The van der Waals surface area contributed by atoms with Gasteiger partial charge in [0.2, 0.25) is 0 Å². The van der Waals surface area contributed by atoms with Crippen LogP contribution in [0.2, 0.25) is 0 Å². The fourth-order valence-electron chi connectivity index (χ4n) is 3.18. The Morgan fingerprint density at radius 2 is 1.31 bits per heavy atom. The van der Waals surface area contributed by atoms with Gasteiger partial charge in [-0.3, -0.25) is 4.21 Å². The van der Waals surface area contributed by atoms with Gasteiger partial charge in [0.15, 0.2) is 9.84 Å². The molecule has 1 aromatic rings. The first-order valence-electron chi connectivity index (χ1n) is 10.0.